The topological polar surface area (TPSA) is 151 Å². The van der Waals surface area contributed by atoms with Gasteiger partial charge in [0.15, 0.2) is 0 Å². The average molecular weight is 386 g/mol. The molecule has 156 valence electrons. The van der Waals surface area contributed by atoms with Crippen molar-refractivity contribution in [1.82, 2.24) is 16.0 Å². The highest BCUT2D eigenvalue weighted by molar-refractivity contribution is 5.93. The Morgan fingerprint density at radius 1 is 0.963 bits per heavy atom. The maximum atomic E-state index is 12.5. The maximum absolute atomic E-state index is 12.5. The number of aliphatic carboxylic acids is 1. The second-order valence-electron chi connectivity index (χ2n) is 7.23. The summed E-state index contributed by atoms with van der Waals surface area (Å²) in [5.74, 6) is -2.65. The fraction of sp³-hybridized carbons (Fsp3) is 0.778. The van der Waals surface area contributed by atoms with Crippen molar-refractivity contribution in [3.63, 3.8) is 0 Å². The van der Waals surface area contributed by atoms with Crippen LogP contribution in [0.3, 0.4) is 0 Å². The van der Waals surface area contributed by atoms with E-state index in [0.29, 0.717) is 12.8 Å². The highest BCUT2D eigenvalue weighted by Gasteiger charge is 2.29. The van der Waals surface area contributed by atoms with E-state index in [1.807, 2.05) is 20.8 Å². The van der Waals surface area contributed by atoms with Crippen LogP contribution >= 0.6 is 0 Å². The van der Waals surface area contributed by atoms with Gasteiger partial charge in [-0.25, -0.2) is 4.79 Å². The highest BCUT2D eigenvalue weighted by Crippen LogP contribution is 2.09. The third-order valence-corrected chi connectivity index (χ3v) is 4.26. The van der Waals surface area contributed by atoms with E-state index in [1.54, 1.807) is 6.92 Å². The van der Waals surface area contributed by atoms with Crippen molar-refractivity contribution in [3.05, 3.63) is 0 Å². The Labute approximate surface area is 160 Å². The normalized spacial score (nSPS) is 15.4. The molecule has 0 aliphatic heterocycles. The van der Waals surface area contributed by atoms with Gasteiger partial charge in [-0.1, -0.05) is 34.1 Å². The van der Waals surface area contributed by atoms with Crippen molar-refractivity contribution in [2.75, 3.05) is 6.54 Å². The third kappa shape index (κ3) is 9.37. The lowest BCUT2D eigenvalue weighted by atomic mass is 9.99. The molecule has 0 radical (unpaired) electrons. The molecule has 0 aromatic rings. The Hall–Kier alpha value is -2.16. The highest BCUT2D eigenvalue weighted by atomic mass is 16.4. The first kappa shape index (κ1) is 24.8. The van der Waals surface area contributed by atoms with Crippen LogP contribution in [0.25, 0.3) is 0 Å². The largest absolute Gasteiger partial charge is 0.480 e. The molecular weight excluding hydrogens is 352 g/mol. The molecule has 9 heteroatoms. The molecule has 0 aliphatic rings. The molecule has 0 spiro atoms. The quantitative estimate of drug-likeness (QED) is 0.318. The molecule has 0 saturated heterocycles. The lowest BCUT2D eigenvalue weighted by molar-refractivity contribution is -0.143. The predicted octanol–water partition coefficient (Wildman–Crippen LogP) is -0.0137. The molecule has 27 heavy (non-hydrogen) atoms. The zero-order valence-corrected chi connectivity index (χ0v) is 16.9. The summed E-state index contributed by atoms with van der Waals surface area (Å²) in [4.78, 5) is 47.9. The summed E-state index contributed by atoms with van der Waals surface area (Å²) < 4.78 is 0. The Morgan fingerprint density at radius 3 is 2.00 bits per heavy atom. The SMILES string of the molecule is CC[C@H](C)[C@H](NC(=O)[C@H](C)NC(=O)[C@H](CC(C)C)NC(=O)CCN)C(=O)O. The standard InChI is InChI=1S/C18H34N4O5/c1-6-11(4)15(18(26)27)22-16(24)12(5)20-17(25)13(9-10(2)3)21-14(23)7-8-19/h10-13,15H,6-9,19H2,1-5H3,(H,20,25)(H,21,23)(H,22,24)(H,26,27)/t11-,12-,13-,15-/m0/s1. The summed E-state index contributed by atoms with van der Waals surface area (Å²) in [6.45, 7) is 9.03. The number of amides is 3. The maximum Gasteiger partial charge on any atom is 0.326 e. The van der Waals surface area contributed by atoms with Crippen molar-refractivity contribution in [1.29, 1.82) is 0 Å². The van der Waals surface area contributed by atoms with E-state index in [0.717, 1.165) is 0 Å². The minimum Gasteiger partial charge on any atom is -0.480 e. The van der Waals surface area contributed by atoms with Crippen LogP contribution in [0.15, 0.2) is 0 Å². The molecule has 0 aromatic carbocycles. The average Bonchev–Trinajstić information content (AvgIpc) is 2.57. The van der Waals surface area contributed by atoms with Gasteiger partial charge in [-0.2, -0.15) is 0 Å². The number of carboxylic acids is 1. The van der Waals surface area contributed by atoms with Crippen LogP contribution in [-0.2, 0) is 19.2 Å². The monoisotopic (exact) mass is 386 g/mol. The van der Waals surface area contributed by atoms with E-state index in [4.69, 9.17) is 5.73 Å². The van der Waals surface area contributed by atoms with Crippen molar-refractivity contribution in [3.8, 4) is 0 Å². The number of nitrogens with one attached hydrogen (secondary N) is 3. The molecule has 0 aliphatic carbocycles. The van der Waals surface area contributed by atoms with Gasteiger partial charge in [0.1, 0.15) is 18.1 Å². The smallest absolute Gasteiger partial charge is 0.326 e. The molecule has 3 amide bonds. The van der Waals surface area contributed by atoms with Gasteiger partial charge in [0.25, 0.3) is 0 Å². The van der Waals surface area contributed by atoms with Gasteiger partial charge in [-0.05, 0) is 25.2 Å². The zero-order valence-electron chi connectivity index (χ0n) is 16.9. The van der Waals surface area contributed by atoms with E-state index in [1.165, 1.54) is 6.92 Å². The van der Waals surface area contributed by atoms with Crippen LogP contribution in [-0.4, -0.2) is 53.5 Å². The number of nitrogens with two attached hydrogens (primary N) is 1. The molecule has 0 bridgehead atoms. The first-order valence-corrected chi connectivity index (χ1v) is 9.36. The lowest BCUT2D eigenvalue weighted by Crippen LogP contribution is -2.56. The Kier molecular flexibility index (Phi) is 11.3. The number of rotatable bonds is 12. The van der Waals surface area contributed by atoms with E-state index in [-0.39, 0.29) is 30.7 Å². The predicted molar refractivity (Wildman–Crippen MR) is 102 cm³/mol. The van der Waals surface area contributed by atoms with E-state index < -0.39 is 35.9 Å². The first-order valence-electron chi connectivity index (χ1n) is 9.36. The molecule has 0 aromatic heterocycles. The van der Waals surface area contributed by atoms with Crippen molar-refractivity contribution >= 4 is 23.7 Å². The minimum atomic E-state index is -1.12. The van der Waals surface area contributed by atoms with Gasteiger partial charge < -0.3 is 26.8 Å². The number of carbonyl (C=O) groups is 4. The van der Waals surface area contributed by atoms with Crippen molar-refractivity contribution in [2.24, 2.45) is 17.6 Å². The number of carbonyl (C=O) groups excluding carboxylic acids is 3. The molecule has 0 fully saturated rings. The molecular formula is C18H34N4O5. The summed E-state index contributed by atoms with van der Waals surface area (Å²) in [5, 5.41) is 16.9. The molecule has 0 unspecified atom stereocenters. The summed E-state index contributed by atoms with van der Waals surface area (Å²) in [6, 6.07) is -2.76. The number of hydrogen-bond donors (Lipinski definition) is 5. The van der Waals surface area contributed by atoms with Crippen LogP contribution in [0.4, 0.5) is 0 Å². The summed E-state index contributed by atoms with van der Waals surface area (Å²) >= 11 is 0. The van der Waals surface area contributed by atoms with E-state index >= 15 is 0 Å². The van der Waals surface area contributed by atoms with E-state index in [2.05, 4.69) is 16.0 Å². The van der Waals surface area contributed by atoms with Gasteiger partial charge >= 0.3 is 5.97 Å². The molecule has 0 saturated carbocycles. The summed E-state index contributed by atoms with van der Waals surface area (Å²) in [6.07, 6.45) is 1.09. The lowest BCUT2D eigenvalue weighted by Gasteiger charge is -2.25. The minimum absolute atomic E-state index is 0.104. The van der Waals surface area contributed by atoms with E-state index in [9.17, 15) is 24.3 Å². The Morgan fingerprint density at radius 2 is 1.56 bits per heavy atom. The molecule has 4 atom stereocenters. The summed E-state index contributed by atoms with van der Waals surface area (Å²) in [5.41, 5.74) is 5.35. The van der Waals surface area contributed by atoms with Gasteiger partial charge in [0.2, 0.25) is 17.7 Å². The van der Waals surface area contributed by atoms with Gasteiger partial charge in [-0.15, -0.1) is 0 Å². The Balaban J connectivity index is 4.95. The van der Waals surface area contributed by atoms with Crippen molar-refractivity contribution < 1.29 is 24.3 Å². The molecule has 0 rings (SSSR count). The third-order valence-electron chi connectivity index (χ3n) is 4.26. The fourth-order valence-electron chi connectivity index (χ4n) is 2.44. The van der Waals surface area contributed by atoms with Crippen molar-refractivity contribution in [2.45, 2.75) is 72.0 Å². The van der Waals surface area contributed by atoms with Crippen LogP contribution in [0, 0.1) is 11.8 Å². The van der Waals surface area contributed by atoms with Crippen LogP contribution in [0.5, 0.6) is 0 Å². The fourth-order valence-corrected chi connectivity index (χ4v) is 2.44. The van der Waals surface area contributed by atoms with Crippen LogP contribution < -0.4 is 21.7 Å². The van der Waals surface area contributed by atoms with Gasteiger partial charge in [-0.3, -0.25) is 14.4 Å². The zero-order chi connectivity index (χ0) is 21.1. The van der Waals surface area contributed by atoms with Gasteiger partial charge in [0.05, 0.1) is 0 Å². The van der Waals surface area contributed by atoms with Crippen LogP contribution in [0.1, 0.15) is 53.9 Å². The molecule has 9 nitrogen and oxygen atoms in total. The van der Waals surface area contributed by atoms with Gasteiger partial charge in [0, 0.05) is 13.0 Å². The second-order valence-corrected chi connectivity index (χ2v) is 7.23. The van der Waals surface area contributed by atoms with Crippen LogP contribution in [0.2, 0.25) is 0 Å². The number of carboxylic acid groups (broad SMARTS) is 1. The second kappa shape index (κ2) is 12.3. The molecule has 0 heterocycles. The first-order chi connectivity index (χ1) is 12.5. The number of hydrogen-bond acceptors (Lipinski definition) is 5. The molecule has 6 N–H and O–H groups in total. The summed E-state index contributed by atoms with van der Waals surface area (Å²) in [7, 11) is 0. The Bertz CT molecular complexity index is 524.